The first-order valence-corrected chi connectivity index (χ1v) is 6.85. The second kappa shape index (κ2) is 3.55. The first-order chi connectivity index (χ1) is 8.79. The summed E-state index contributed by atoms with van der Waals surface area (Å²) in [6, 6.07) is 5.88. The minimum absolute atomic E-state index is 0.168. The van der Waals surface area contributed by atoms with Gasteiger partial charge in [0.25, 0.3) is 0 Å². The molecule has 0 radical (unpaired) electrons. The molecule has 2 N–H and O–H groups in total. The van der Waals surface area contributed by atoms with Crippen LogP contribution in [0.2, 0.25) is 0 Å². The summed E-state index contributed by atoms with van der Waals surface area (Å²) < 4.78 is 0. The highest BCUT2D eigenvalue weighted by molar-refractivity contribution is 7.10. The Labute approximate surface area is 107 Å². The van der Waals surface area contributed by atoms with Crippen LogP contribution < -0.4 is 5.69 Å². The minimum atomic E-state index is -0.168. The Bertz CT molecular complexity index is 779. The minimum Gasteiger partial charge on any atom is -0.306 e. The Balaban J connectivity index is 1.81. The van der Waals surface area contributed by atoms with Gasteiger partial charge in [-0.05, 0) is 25.0 Å². The Hall–Kier alpha value is -1.88. The smallest absolute Gasteiger partial charge is 0.306 e. The van der Waals surface area contributed by atoms with Gasteiger partial charge in [-0.2, -0.15) is 0 Å². The fourth-order valence-electron chi connectivity index (χ4n) is 2.13. The van der Waals surface area contributed by atoms with Crippen LogP contribution in [-0.4, -0.2) is 15.0 Å². The maximum Gasteiger partial charge on any atom is 0.323 e. The fraction of sp³-hybridized carbons (Fsp3) is 0.231. The molecule has 0 saturated heterocycles. The summed E-state index contributed by atoms with van der Waals surface area (Å²) in [5.74, 6) is 0.694. The van der Waals surface area contributed by atoms with Crippen LogP contribution >= 0.6 is 11.3 Å². The number of aromatic nitrogens is 3. The van der Waals surface area contributed by atoms with E-state index in [2.05, 4.69) is 20.3 Å². The van der Waals surface area contributed by atoms with Crippen molar-refractivity contribution in [2.45, 2.75) is 18.8 Å². The predicted octanol–water partition coefficient (Wildman–Crippen LogP) is 2.86. The molecule has 0 atom stereocenters. The molecule has 1 aromatic carbocycles. The second-order valence-electron chi connectivity index (χ2n) is 4.68. The summed E-state index contributed by atoms with van der Waals surface area (Å²) in [4.78, 5) is 21.4. The van der Waals surface area contributed by atoms with Crippen LogP contribution in [0.5, 0.6) is 0 Å². The average molecular weight is 257 g/mol. The van der Waals surface area contributed by atoms with E-state index in [0.29, 0.717) is 5.92 Å². The molecule has 90 valence electrons. The van der Waals surface area contributed by atoms with Crippen LogP contribution in [0.3, 0.4) is 0 Å². The molecule has 3 aromatic rings. The number of nitrogens with zero attached hydrogens (tertiary/aromatic N) is 1. The van der Waals surface area contributed by atoms with Crippen LogP contribution in [0.25, 0.3) is 22.3 Å². The number of nitrogens with one attached hydrogen (secondary N) is 2. The third kappa shape index (κ3) is 1.59. The monoisotopic (exact) mass is 257 g/mol. The average Bonchev–Trinajstić information content (AvgIpc) is 2.97. The summed E-state index contributed by atoms with van der Waals surface area (Å²) >= 11 is 1.73. The highest BCUT2D eigenvalue weighted by Crippen LogP contribution is 2.42. The number of hydrogen-bond acceptors (Lipinski definition) is 3. The molecule has 0 spiro atoms. The molecule has 4 rings (SSSR count). The van der Waals surface area contributed by atoms with Crippen LogP contribution in [0, 0.1) is 0 Å². The highest BCUT2D eigenvalue weighted by atomic mass is 32.1. The second-order valence-corrected chi connectivity index (χ2v) is 5.57. The van der Waals surface area contributed by atoms with Gasteiger partial charge >= 0.3 is 5.69 Å². The summed E-state index contributed by atoms with van der Waals surface area (Å²) in [5, 5.41) is 3.34. The Morgan fingerprint density at radius 3 is 2.89 bits per heavy atom. The van der Waals surface area contributed by atoms with Gasteiger partial charge in [0.1, 0.15) is 0 Å². The van der Waals surface area contributed by atoms with Crippen molar-refractivity contribution in [1.29, 1.82) is 0 Å². The standard InChI is InChI=1S/C13H11N3OS/c17-13-15-9-4-3-8(5-10(9)16-13)11-6-18-12(14-11)7-1-2-7/h3-7H,1-2H2,(H2,15,16,17). The van der Waals surface area contributed by atoms with Crippen molar-refractivity contribution in [1.82, 2.24) is 15.0 Å². The third-order valence-electron chi connectivity index (χ3n) is 3.26. The van der Waals surface area contributed by atoms with Gasteiger partial charge in [0.05, 0.1) is 21.7 Å². The number of imidazole rings is 1. The Kier molecular flexibility index (Phi) is 1.99. The lowest BCUT2D eigenvalue weighted by Gasteiger charge is -1.96. The Morgan fingerprint density at radius 2 is 2.06 bits per heavy atom. The van der Waals surface area contributed by atoms with Crippen LogP contribution in [0.1, 0.15) is 23.8 Å². The van der Waals surface area contributed by atoms with E-state index >= 15 is 0 Å². The topological polar surface area (TPSA) is 61.5 Å². The lowest BCUT2D eigenvalue weighted by Crippen LogP contribution is -1.99. The molecule has 18 heavy (non-hydrogen) atoms. The molecule has 1 aliphatic carbocycles. The van der Waals surface area contributed by atoms with Gasteiger partial charge in [0.15, 0.2) is 0 Å². The lowest BCUT2D eigenvalue weighted by molar-refractivity contribution is 1.09. The van der Waals surface area contributed by atoms with Crippen LogP contribution in [0.15, 0.2) is 28.4 Å². The zero-order chi connectivity index (χ0) is 12.1. The van der Waals surface area contributed by atoms with E-state index in [0.717, 1.165) is 22.3 Å². The Morgan fingerprint density at radius 1 is 1.22 bits per heavy atom. The molecule has 0 unspecified atom stereocenters. The highest BCUT2D eigenvalue weighted by Gasteiger charge is 2.26. The zero-order valence-corrected chi connectivity index (χ0v) is 10.4. The van der Waals surface area contributed by atoms with E-state index in [9.17, 15) is 4.79 Å². The number of H-pyrrole nitrogens is 2. The van der Waals surface area contributed by atoms with Gasteiger partial charge in [-0.15, -0.1) is 11.3 Å². The quantitative estimate of drug-likeness (QED) is 0.741. The summed E-state index contributed by atoms with van der Waals surface area (Å²) in [5.41, 5.74) is 3.56. The first-order valence-electron chi connectivity index (χ1n) is 5.97. The van der Waals surface area contributed by atoms with E-state index < -0.39 is 0 Å². The predicted molar refractivity (Wildman–Crippen MR) is 72.0 cm³/mol. The van der Waals surface area contributed by atoms with Crippen molar-refractivity contribution in [2.75, 3.05) is 0 Å². The molecule has 1 fully saturated rings. The third-order valence-corrected chi connectivity index (χ3v) is 4.27. The normalized spacial score (nSPS) is 15.3. The molecule has 5 heteroatoms. The maximum absolute atomic E-state index is 11.2. The molecule has 2 heterocycles. The van der Waals surface area contributed by atoms with Crippen molar-refractivity contribution in [2.24, 2.45) is 0 Å². The molecule has 4 nitrogen and oxygen atoms in total. The molecule has 0 amide bonds. The van der Waals surface area contributed by atoms with Crippen molar-refractivity contribution in [3.05, 3.63) is 39.1 Å². The molecule has 2 aromatic heterocycles. The number of thiazole rings is 1. The van der Waals surface area contributed by atoms with E-state index in [1.165, 1.54) is 17.8 Å². The molecule has 0 bridgehead atoms. The van der Waals surface area contributed by atoms with E-state index in [1.807, 2.05) is 18.2 Å². The number of benzene rings is 1. The van der Waals surface area contributed by atoms with Crippen LogP contribution in [-0.2, 0) is 0 Å². The SMILES string of the molecule is O=c1[nH]c2ccc(-c3csc(C4CC4)n3)cc2[nH]1. The van der Waals surface area contributed by atoms with E-state index in [1.54, 1.807) is 11.3 Å². The van der Waals surface area contributed by atoms with Crippen molar-refractivity contribution in [3.8, 4) is 11.3 Å². The summed E-state index contributed by atoms with van der Waals surface area (Å²) in [6.45, 7) is 0. The van der Waals surface area contributed by atoms with Gasteiger partial charge in [-0.1, -0.05) is 6.07 Å². The number of rotatable bonds is 2. The number of fused-ring (bicyclic) bond motifs is 1. The van der Waals surface area contributed by atoms with E-state index in [-0.39, 0.29) is 5.69 Å². The van der Waals surface area contributed by atoms with Gasteiger partial charge in [-0.3, -0.25) is 0 Å². The molecule has 1 aliphatic rings. The summed E-state index contributed by atoms with van der Waals surface area (Å²) in [7, 11) is 0. The van der Waals surface area contributed by atoms with Gasteiger partial charge in [0.2, 0.25) is 0 Å². The fourth-order valence-corrected chi connectivity index (χ4v) is 3.13. The van der Waals surface area contributed by atoms with Crippen LogP contribution in [0.4, 0.5) is 0 Å². The molecule has 1 saturated carbocycles. The lowest BCUT2D eigenvalue weighted by atomic mass is 10.1. The van der Waals surface area contributed by atoms with Crippen molar-refractivity contribution >= 4 is 22.4 Å². The van der Waals surface area contributed by atoms with Crippen molar-refractivity contribution in [3.63, 3.8) is 0 Å². The number of aromatic amines is 2. The zero-order valence-electron chi connectivity index (χ0n) is 9.56. The van der Waals surface area contributed by atoms with Gasteiger partial charge in [0, 0.05) is 16.9 Å². The molecular formula is C13H11N3OS. The van der Waals surface area contributed by atoms with Crippen molar-refractivity contribution < 1.29 is 0 Å². The largest absolute Gasteiger partial charge is 0.323 e. The summed E-state index contributed by atoms with van der Waals surface area (Å²) in [6.07, 6.45) is 2.55. The van der Waals surface area contributed by atoms with Gasteiger partial charge < -0.3 is 9.97 Å². The number of hydrogen-bond donors (Lipinski definition) is 2. The molecule has 0 aliphatic heterocycles. The molecular weight excluding hydrogens is 246 g/mol. The maximum atomic E-state index is 11.2. The first kappa shape index (κ1) is 10.1. The van der Waals surface area contributed by atoms with E-state index in [4.69, 9.17) is 0 Å². The van der Waals surface area contributed by atoms with Gasteiger partial charge in [-0.25, -0.2) is 9.78 Å².